The van der Waals surface area contributed by atoms with Crippen molar-refractivity contribution in [2.45, 2.75) is 45.4 Å². The van der Waals surface area contributed by atoms with Gasteiger partial charge in [0.15, 0.2) is 11.5 Å². The molecule has 6 rings (SSSR count). The third kappa shape index (κ3) is 3.60. The molecule has 3 heteroatoms. The average molecular weight is 488 g/mol. The summed E-state index contributed by atoms with van der Waals surface area (Å²) in [6, 6.07) is 26.3. The Morgan fingerprint density at radius 2 is 1.59 bits per heavy atom. The minimum absolute atomic E-state index is 0.210. The van der Waals surface area contributed by atoms with Gasteiger partial charge in [-0.25, -0.2) is 0 Å². The number of anilines is 1. The van der Waals surface area contributed by atoms with Gasteiger partial charge in [-0.2, -0.15) is 4.58 Å². The Hall–Kier alpha value is -3.85. The van der Waals surface area contributed by atoms with E-state index in [9.17, 15) is 0 Å². The van der Waals surface area contributed by atoms with Crippen molar-refractivity contribution >= 4 is 38.6 Å². The highest BCUT2D eigenvalue weighted by Gasteiger charge is 2.49. The van der Waals surface area contributed by atoms with Crippen molar-refractivity contribution in [1.82, 2.24) is 0 Å². The maximum atomic E-state index is 6.75. The molecule has 0 amide bonds. The first-order valence-electron chi connectivity index (χ1n) is 13.6. The molecule has 4 aromatic rings. The molecule has 2 heterocycles. The maximum Gasteiger partial charge on any atom is 0.210 e. The van der Waals surface area contributed by atoms with Crippen molar-refractivity contribution in [3.63, 3.8) is 0 Å². The predicted molar refractivity (Wildman–Crippen MR) is 156 cm³/mol. The molecule has 2 aliphatic rings. The van der Waals surface area contributed by atoms with Crippen LogP contribution in [0.4, 0.5) is 11.4 Å². The number of rotatable bonds is 7. The highest BCUT2D eigenvalue weighted by Crippen LogP contribution is 2.49. The van der Waals surface area contributed by atoms with Crippen LogP contribution in [0.15, 0.2) is 97.4 Å². The lowest BCUT2D eigenvalue weighted by Gasteiger charge is -2.23. The fourth-order valence-corrected chi connectivity index (χ4v) is 6.33. The van der Waals surface area contributed by atoms with E-state index in [4.69, 9.17) is 4.74 Å². The Kier molecular flexibility index (Phi) is 5.87. The number of hydrogen-bond acceptors (Lipinski definition) is 2. The molecule has 0 spiro atoms. The molecule has 1 atom stereocenters. The molecule has 0 saturated carbocycles. The van der Waals surface area contributed by atoms with Gasteiger partial charge in [0, 0.05) is 30.0 Å². The molecule has 4 aromatic carbocycles. The van der Waals surface area contributed by atoms with Crippen LogP contribution >= 0.6 is 0 Å². The molecule has 0 radical (unpaired) electrons. The van der Waals surface area contributed by atoms with Crippen LogP contribution in [0.5, 0.6) is 5.75 Å². The zero-order valence-electron chi connectivity index (χ0n) is 22.1. The van der Waals surface area contributed by atoms with E-state index in [2.05, 4.69) is 122 Å². The van der Waals surface area contributed by atoms with Crippen molar-refractivity contribution in [2.24, 2.45) is 0 Å². The van der Waals surface area contributed by atoms with Crippen molar-refractivity contribution in [2.75, 3.05) is 18.0 Å². The van der Waals surface area contributed by atoms with E-state index in [1.54, 1.807) is 0 Å². The third-order valence-corrected chi connectivity index (χ3v) is 7.94. The summed E-state index contributed by atoms with van der Waals surface area (Å²) < 4.78 is 9.27. The monoisotopic (exact) mass is 487 g/mol. The van der Waals surface area contributed by atoms with E-state index < -0.39 is 0 Å². The largest absolute Gasteiger partial charge is 0.438 e. The SMILES string of the molecule is C=CCC1(C)C(/C=C2\Oc3c(ccc4ccccc34)N2CCC)=[N+](CCC)c2ccc3ccccc3c21. The topological polar surface area (TPSA) is 15.5 Å². The molecule has 37 heavy (non-hydrogen) atoms. The number of hydrogen-bond donors (Lipinski definition) is 0. The van der Waals surface area contributed by atoms with Gasteiger partial charge in [-0.1, -0.05) is 74.5 Å². The van der Waals surface area contributed by atoms with Crippen LogP contribution in [0.25, 0.3) is 21.5 Å². The van der Waals surface area contributed by atoms with Crippen LogP contribution in [0.2, 0.25) is 0 Å². The van der Waals surface area contributed by atoms with E-state index in [-0.39, 0.29) is 5.41 Å². The van der Waals surface area contributed by atoms with Crippen molar-refractivity contribution < 1.29 is 9.31 Å². The van der Waals surface area contributed by atoms with Gasteiger partial charge in [0.2, 0.25) is 11.6 Å². The molecule has 0 aliphatic carbocycles. The van der Waals surface area contributed by atoms with Crippen LogP contribution in [0.3, 0.4) is 0 Å². The Morgan fingerprint density at radius 3 is 2.32 bits per heavy atom. The molecular weight excluding hydrogens is 452 g/mol. The highest BCUT2D eigenvalue weighted by molar-refractivity contribution is 6.09. The van der Waals surface area contributed by atoms with E-state index in [1.165, 1.54) is 33.1 Å². The molecule has 1 unspecified atom stereocenters. The Labute approximate surface area is 220 Å². The Balaban J connectivity index is 1.57. The van der Waals surface area contributed by atoms with Crippen LogP contribution in [-0.4, -0.2) is 23.4 Å². The summed E-state index contributed by atoms with van der Waals surface area (Å²) in [6.45, 7) is 12.9. The third-order valence-electron chi connectivity index (χ3n) is 7.94. The first kappa shape index (κ1) is 23.5. The minimum Gasteiger partial charge on any atom is -0.438 e. The van der Waals surface area contributed by atoms with Gasteiger partial charge in [-0.05, 0) is 48.1 Å². The normalized spacial score (nSPS) is 19.5. The summed E-state index contributed by atoms with van der Waals surface area (Å²) in [5.41, 5.74) is 4.93. The standard InChI is InChI=1S/C34H35N2O/c1-5-20-34(4)30(35(21-6-2)28-18-16-24-12-8-10-14-26(24)32(28)34)23-31-36(22-7-3)29-19-17-25-13-9-11-15-27(25)33(29)37-31/h5,8-19,23H,1,6-7,20-22H2,2-4H3/q+1. The molecule has 0 saturated heterocycles. The number of nitrogens with zero attached hydrogens (tertiary/aromatic N) is 2. The Bertz CT molecular complexity index is 1590. The van der Waals surface area contributed by atoms with Crippen LogP contribution in [0, 0.1) is 0 Å². The molecule has 186 valence electrons. The van der Waals surface area contributed by atoms with Crippen LogP contribution in [0.1, 0.15) is 45.6 Å². The molecule has 0 bridgehead atoms. The summed E-state index contributed by atoms with van der Waals surface area (Å²) in [7, 11) is 0. The van der Waals surface area contributed by atoms with E-state index in [0.29, 0.717) is 0 Å². The summed E-state index contributed by atoms with van der Waals surface area (Å²) >= 11 is 0. The minimum atomic E-state index is -0.210. The zero-order valence-corrected chi connectivity index (χ0v) is 22.1. The summed E-state index contributed by atoms with van der Waals surface area (Å²) in [6.07, 6.45) is 7.35. The van der Waals surface area contributed by atoms with Gasteiger partial charge in [0.05, 0.1) is 17.2 Å². The number of fused-ring (bicyclic) bond motifs is 6. The van der Waals surface area contributed by atoms with Gasteiger partial charge in [0.1, 0.15) is 6.54 Å². The fourth-order valence-electron chi connectivity index (χ4n) is 6.33. The smallest absolute Gasteiger partial charge is 0.210 e. The molecule has 2 aliphatic heterocycles. The van der Waals surface area contributed by atoms with Crippen molar-refractivity contribution in [1.29, 1.82) is 0 Å². The number of allylic oxidation sites excluding steroid dienone is 2. The molecular formula is C34H35N2O+. The maximum absolute atomic E-state index is 6.75. The van der Waals surface area contributed by atoms with Gasteiger partial charge in [-0.15, -0.1) is 6.58 Å². The first-order chi connectivity index (χ1) is 18.1. The molecule has 0 fully saturated rings. The van der Waals surface area contributed by atoms with E-state index in [0.717, 1.165) is 55.1 Å². The molecule has 3 nitrogen and oxygen atoms in total. The second-order valence-electron chi connectivity index (χ2n) is 10.4. The van der Waals surface area contributed by atoms with Crippen molar-refractivity contribution in [3.8, 4) is 5.75 Å². The highest BCUT2D eigenvalue weighted by atomic mass is 16.5. The summed E-state index contributed by atoms with van der Waals surface area (Å²) in [5.74, 6) is 1.88. The van der Waals surface area contributed by atoms with Gasteiger partial charge in [-0.3, -0.25) is 0 Å². The second kappa shape index (κ2) is 9.23. The molecule has 0 aromatic heterocycles. The predicted octanol–water partition coefficient (Wildman–Crippen LogP) is 8.49. The summed E-state index contributed by atoms with van der Waals surface area (Å²) in [4.78, 5) is 2.36. The van der Waals surface area contributed by atoms with Gasteiger partial charge >= 0.3 is 0 Å². The van der Waals surface area contributed by atoms with Crippen LogP contribution in [-0.2, 0) is 5.41 Å². The first-order valence-corrected chi connectivity index (χ1v) is 13.6. The van der Waals surface area contributed by atoms with Gasteiger partial charge in [0.25, 0.3) is 0 Å². The zero-order chi connectivity index (χ0) is 25.6. The van der Waals surface area contributed by atoms with Gasteiger partial charge < -0.3 is 9.64 Å². The lowest BCUT2D eigenvalue weighted by atomic mass is 9.74. The fraction of sp³-hybridized carbons (Fsp3) is 0.265. The van der Waals surface area contributed by atoms with E-state index in [1.807, 2.05) is 0 Å². The Morgan fingerprint density at radius 1 is 0.892 bits per heavy atom. The lowest BCUT2D eigenvalue weighted by molar-refractivity contribution is -0.437. The quantitative estimate of drug-likeness (QED) is 0.192. The molecule has 0 N–H and O–H groups in total. The van der Waals surface area contributed by atoms with Crippen LogP contribution < -0.4 is 9.64 Å². The lowest BCUT2D eigenvalue weighted by Crippen LogP contribution is -2.33. The summed E-state index contributed by atoms with van der Waals surface area (Å²) in [5, 5.41) is 4.97. The number of benzene rings is 4. The number of ether oxygens (including phenoxy) is 1. The second-order valence-corrected chi connectivity index (χ2v) is 10.4. The van der Waals surface area contributed by atoms with E-state index >= 15 is 0 Å². The van der Waals surface area contributed by atoms with Crippen molar-refractivity contribution in [3.05, 3.63) is 103 Å². The average Bonchev–Trinajstić information content (AvgIpc) is 3.38.